The van der Waals surface area contributed by atoms with Gasteiger partial charge >= 0.3 is 0 Å². The fourth-order valence-electron chi connectivity index (χ4n) is 2.89. The summed E-state index contributed by atoms with van der Waals surface area (Å²) >= 11 is 0. The van der Waals surface area contributed by atoms with Gasteiger partial charge in [0.2, 0.25) is 0 Å². The summed E-state index contributed by atoms with van der Waals surface area (Å²) in [6.07, 6.45) is 1.94. The van der Waals surface area contributed by atoms with Crippen molar-refractivity contribution in [2.24, 2.45) is 0 Å². The van der Waals surface area contributed by atoms with E-state index >= 15 is 0 Å². The summed E-state index contributed by atoms with van der Waals surface area (Å²) in [4.78, 5) is 2.26. The molecule has 0 bridgehead atoms. The molecule has 1 aromatic carbocycles. The van der Waals surface area contributed by atoms with E-state index in [4.69, 9.17) is 0 Å². The minimum absolute atomic E-state index is 0.174. The van der Waals surface area contributed by atoms with Gasteiger partial charge in [-0.3, -0.25) is 4.90 Å². The lowest BCUT2D eigenvalue weighted by atomic mass is 10.1. The van der Waals surface area contributed by atoms with Crippen LogP contribution < -0.4 is 0 Å². The van der Waals surface area contributed by atoms with E-state index < -0.39 is 0 Å². The van der Waals surface area contributed by atoms with Crippen molar-refractivity contribution in [3.8, 4) is 0 Å². The molecule has 1 saturated heterocycles. The number of aliphatic hydroxyl groups is 2. The first-order chi connectivity index (χ1) is 8.27. The maximum atomic E-state index is 9.42. The molecule has 1 heterocycles. The summed E-state index contributed by atoms with van der Waals surface area (Å²) in [5.74, 6) is 0. The maximum absolute atomic E-state index is 9.42. The fraction of sp³-hybridized carbons (Fsp3) is 0.571. The molecule has 2 N–H and O–H groups in total. The molecule has 1 fully saturated rings. The van der Waals surface area contributed by atoms with Gasteiger partial charge in [0.05, 0.1) is 13.2 Å². The van der Waals surface area contributed by atoms with Crippen molar-refractivity contribution in [3.05, 3.63) is 35.9 Å². The highest BCUT2D eigenvalue weighted by Gasteiger charge is 2.35. The zero-order valence-electron chi connectivity index (χ0n) is 10.3. The van der Waals surface area contributed by atoms with Crippen LogP contribution in [-0.4, -0.2) is 40.4 Å². The van der Waals surface area contributed by atoms with Gasteiger partial charge in [0.1, 0.15) is 0 Å². The lowest BCUT2D eigenvalue weighted by Gasteiger charge is -2.34. The van der Waals surface area contributed by atoms with Crippen LogP contribution in [0.5, 0.6) is 0 Å². The van der Waals surface area contributed by atoms with Crippen molar-refractivity contribution < 1.29 is 10.2 Å². The topological polar surface area (TPSA) is 43.7 Å². The summed E-state index contributed by atoms with van der Waals surface area (Å²) in [7, 11) is 0. The fourth-order valence-corrected chi connectivity index (χ4v) is 2.89. The van der Waals surface area contributed by atoms with Crippen LogP contribution >= 0.6 is 0 Å². The zero-order valence-corrected chi connectivity index (χ0v) is 10.3. The van der Waals surface area contributed by atoms with Gasteiger partial charge in [-0.15, -0.1) is 0 Å². The van der Waals surface area contributed by atoms with Crippen LogP contribution in [0, 0.1) is 0 Å². The number of hydrogen-bond acceptors (Lipinski definition) is 3. The van der Waals surface area contributed by atoms with Crippen molar-refractivity contribution >= 4 is 0 Å². The zero-order chi connectivity index (χ0) is 12.3. The van der Waals surface area contributed by atoms with Crippen molar-refractivity contribution in [2.75, 3.05) is 13.2 Å². The standard InChI is InChI=1S/C14H21NO2/c1-11(12-5-3-2-4-6-12)15-13(9-16)7-8-14(15)10-17/h2-6,11,13-14,16-17H,7-10H2,1H3/t11-,13-,14+/m0/s1. The smallest absolute Gasteiger partial charge is 0.0587 e. The van der Waals surface area contributed by atoms with E-state index in [2.05, 4.69) is 24.0 Å². The lowest BCUT2D eigenvalue weighted by molar-refractivity contribution is 0.0644. The molecule has 2 rings (SSSR count). The van der Waals surface area contributed by atoms with Crippen molar-refractivity contribution in [1.82, 2.24) is 4.90 Å². The van der Waals surface area contributed by atoms with E-state index in [9.17, 15) is 10.2 Å². The predicted molar refractivity (Wildman–Crippen MR) is 67.7 cm³/mol. The largest absolute Gasteiger partial charge is 0.395 e. The summed E-state index contributed by atoms with van der Waals surface area (Å²) in [5, 5.41) is 18.8. The Hall–Kier alpha value is -0.900. The quantitative estimate of drug-likeness (QED) is 0.832. The van der Waals surface area contributed by atoms with Gasteiger partial charge < -0.3 is 10.2 Å². The molecule has 0 spiro atoms. The van der Waals surface area contributed by atoms with Gasteiger partial charge in [0.25, 0.3) is 0 Å². The predicted octanol–water partition coefficient (Wildman–Crippen LogP) is 1.57. The second kappa shape index (κ2) is 5.63. The lowest BCUT2D eigenvalue weighted by Crippen LogP contribution is -2.41. The molecule has 17 heavy (non-hydrogen) atoms. The van der Waals surface area contributed by atoms with Gasteiger partial charge in [-0.25, -0.2) is 0 Å². The molecule has 0 aromatic heterocycles. The van der Waals surface area contributed by atoms with E-state index in [1.807, 2.05) is 18.2 Å². The Kier molecular flexibility index (Phi) is 4.15. The third-order valence-corrected chi connectivity index (χ3v) is 3.83. The van der Waals surface area contributed by atoms with Crippen LogP contribution in [-0.2, 0) is 0 Å². The first-order valence-electron chi connectivity index (χ1n) is 6.32. The highest BCUT2D eigenvalue weighted by atomic mass is 16.3. The maximum Gasteiger partial charge on any atom is 0.0587 e. The molecule has 3 atom stereocenters. The Bertz CT molecular complexity index is 329. The van der Waals surface area contributed by atoms with Crippen molar-refractivity contribution in [3.63, 3.8) is 0 Å². The number of likely N-dealkylation sites (tertiary alicyclic amines) is 1. The number of benzene rings is 1. The normalized spacial score (nSPS) is 27.2. The van der Waals surface area contributed by atoms with Gasteiger partial charge in [-0.05, 0) is 25.3 Å². The minimum Gasteiger partial charge on any atom is -0.395 e. The van der Waals surface area contributed by atoms with Crippen LogP contribution in [0.2, 0.25) is 0 Å². The van der Waals surface area contributed by atoms with Crippen LogP contribution in [0.25, 0.3) is 0 Å². The third kappa shape index (κ3) is 2.51. The minimum atomic E-state index is 0.174. The molecular weight excluding hydrogens is 214 g/mol. The summed E-state index contributed by atoms with van der Waals surface area (Å²) in [6, 6.07) is 10.9. The summed E-state index contributed by atoms with van der Waals surface area (Å²) in [5.41, 5.74) is 1.24. The summed E-state index contributed by atoms with van der Waals surface area (Å²) in [6.45, 7) is 2.49. The van der Waals surface area contributed by atoms with Crippen LogP contribution in [0.4, 0.5) is 0 Å². The van der Waals surface area contributed by atoms with Crippen LogP contribution in [0.1, 0.15) is 31.4 Å². The molecule has 0 saturated carbocycles. The van der Waals surface area contributed by atoms with Gasteiger partial charge in [-0.2, -0.15) is 0 Å². The van der Waals surface area contributed by atoms with Gasteiger partial charge in [-0.1, -0.05) is 30.3 Å². The average Bonchev–Trinajstić information content (AvgIpc) is 2.81. The molecule has 0 aliphatic carbocycles. The van der Waals surface area contributed by atoms with Crippen molar-refractivity contribution in [2.45, 2.75) is 37.9 Å². The first-order valence-corrected chi connectivity index (χ1v) is 6.32. The average molecular weight is 235 g/mol. The van der Waals surface area contributed by atoms with E-state index in [0.717, 1.165) is 12.8 Å². The Morgan fingerprint density at radius 3 is 2.12 bits per heavy atom. The van der Waals surface area contributed by atoms with Crippen LogP contribution in [0.3, 0.4) is 0 Å². The Morgan fingerprint density at radius 2 is 1.65 bits per heavy atom. The second-order valence-electron chi connectivity index (χ2n) is 4.78. The molecule has 1 aliphatic heterocycles. The molecule has 1 aromatic rings. The van der Waals surface area contributed by atoms with Crippen LogP contribution in [0.15, 0.2) is 30.3 Å². The highest BCUT2D eigenvalue weighted by Crippen LogP contribution is 2.33. The number of hydrogen-bond donors (Lipinski definition) is 2. The third-order valence-electron chi connectivity index (χ3n) is 3.83. The summed E-state index contributed by atoms with van der Waals surface area (Å²) < 4.78 is 0. The van der Waals surface area contributed by atoms with E-state index in [1.165, 1.54) is 5.56 Å². The van der Waals surface area contributed by atoms with E-state index in [0.29, 0.717) is 0 Å². The molecule has 3 heteroatoms. The van der Waals surface area contributed by atoms with E-state index in [1.54, 1.807) is 0 Å². The molecule has 94 valence electrons. The molecule has 1 aliphatic rings. The highest BCUT2D eigenvalue weighted by molar-refractivity contribution is 5.19. The molecular formula is C14H21NO2. The SMILES string of the molecule is C[C@@H](c1ccccc1)N1[C@H](CO)CC[C@@H]1CO. The Labute approximate surface area is 103 Å². The van der Waals surface area contributed by atoms with Gasteiger partial charge in [0.15, 0.2) is 0 Å². The number of rotatable bonds is 4. The molecule has 3 nitrogen and oxygen atoms in total. The number of aliphatic hydroxyl groups excluding tert-OH is 2. The second-order valence-corrected chi connectivity index (χ2v) is 4.78. The molecule has 0 radical (unpaired) electrons. The monoisotopic (exact) mass is 235 g/mol. The van der Waals surface area contributed by atoms with E-state index in [-0.39, 0.29) is 31.3 Å². The number of nitrogens with zero attached hydrogens (tertiary/aromatic N) is 1. The first kappa shape index (κ1) is 12.6. The Balaban J connectivity index is 2.18. The molecule has 0 amide bonds. The van der Waals surface area contributed by atoms with Gasteiger partial charge in [0, 0.05) is 18.1 Å². The van der Waals surface area contributed by atoms with Crippen molar-refractivity contribution in [1.29, 1.82) is 0 Å². The molecule has 0 unspecified atom stereocenters. The Morgan fingerprint density at radius 1 is 1.12 bits per heavy atom.